The van der Waals surface area contributed by atoms with Crippen molar-refractivity contribution in [2.24, 2.45) is 0 Å². The fourth-order valence-corrected chi connectivity index (χ4v) is 3.55. The van der Waals surface area contributed by atoms with Crippen LogP contribution in [0.3, 0.4) is 0 Å². The monoisotopic (exact) mass is 285 g/mol. The van der Waals surface area contributed by atoms with Gasteiger partial charge < -0.3 is 5.11 Å². The number of sulfonamides is 1. The Balaban J connectivity index is 3.06. The first-order chi connectivity index (χ1) is 8.78. The van der Waals surface area contributed by atoms with Gasteiger partial charge in [0.1, 0.15) is 0 Å². The van der Waals surface area contributed by atoms with E-state index in [9.17, 15) is 13.2 Å². The van der Waals surface area contributed by atoms with Crippen LogP contribution >= 0.6 is 0 Å². The van der Waals surface area contributed by atoms with Crippen LogP contribution in [0.5, 0.6) is 0 Å². The number of benzene rings is 1. The van der Waals surface area contributed by atoms with Gasteiger partial charge in [-0.3, -0.25) is 4.79 Å². The van der Waals surface area contributed by atoms with Gasteiger partial charge in [0.25, 0.3) is 0 Å². The molecule has 0 aromatic heterocycles. The molecule has 1 aromatic rings. The molecule has 0 aliphatic heterocycles. The smallest absolute Gasteiger partial charge is 0.307 e. The molecule has 6 heteroatoms. The van der Waals surface area contributed by atoms with Crippen LogP contribution in [0.25, 0.3) is 0 Å². The molecule has 0 heterocycles. The van der Waals surface area contributed by atoms with Crippen molar-refractivity contribution in [2.75, 3.05) is 6.54 Å². The van der Waals surface area contributed by atoms with Crippen molar-refractivity contribution in [2.45, 2.75) is 38.1 Å². The van der Waals surface area contributed by atoms with Crippen molar-refractivity contribution in [3.05, 3.63) is 29.8 Å². The lowest BCUT2D eigenvalue weighted by molar-refractivity contribution is -0.136. The Hall–Kier alpha value is -1.40. The van der Waals surface area contributed by atoms with Gasteiger partial charge in [-0.1, -0.05) is 19.1 Å². The lowest BCUT2D eigenvalue weighted by atomic mass is 10.2. The van der Waals surface area contributed by atoms with Crippen molar-refractivity contribution in [3.63, 3.8) is 0 Å². The molecule has 1 N–H and O–H groups in total. The van der Waals surface area contributed by atoms with Crippen molar-refractivity contribution in [1.29, 1.82) is 0 Å². The number of hydrogen-bond donors (Lipinski definition) is 1. The molecule has 0 radical (unpaired) electrons. The summed E-state index contributed by atoms with van der Waals surface area (Å²) >= 11 is 0. The van der Waals surface area contributed by atoms with Gasteiger partial charge in [-0.25, -0.2) is 8.42 Å². The van der Waals surface area contributed by atoms with E-state index in [-0.39, 0.29) is 17.4 Å². The third-order valence-electron chi connectivity index (χ3n) is 2.77. The van der Waals surface area contributed by atoms with E-state index in [2.05, 4.69) is 0 Å². The van der Waals surface area contributed by atoms with Gasteiger partial charge in [-0.2, -0.15) is 4.31 Å². The first-order valence-corrected chi connectivity index (χ1v) is 7.55. The minimum absolute atomic E-state index is 0.109. The SMILES string of the molecule is CCN(C(C)C)S(=O)(=O)c1ccc(CC(=O)O)cc1. The molecule has 5 nitrogen and oxygen atoms in total. The number of nitrogens with zero attached hydrogens (tertiary/aromatic N) is 1. The average Bonchev–Trinajstić information content (AvgIpc) is 2.28. The first-order valence-electron chi connectivity index (χ1n) is 6.11. The van der Waals surface area contributed by atoms with Gasteiger partial charge in [-0.15, -0.1) is 0 Å². The molecule has 0 bridgehead atoms. The number of aliphatic carboxylic acids is 1. The van der Waals surface area contributed by atoms with E-state index >= 15 is 0 Å². The van der Waals surface area contributed by atoms with Crippen molar-refractivity contribution >= 4 is 16.0 Å². The second-order valence-corrected chi connectivity index (χ2v) is 6.41. The number of carbonyl (C=O) groups is 1. The van der Waals surface area contributed by atoms with E-state index in [1.165, 1.54) is 28.6 Å². The Kier molecular flexibility index (Phi) is 5.08. The second kappa shape index (κ2) is 6.16. The van der Waals surface area contributed by atoms with E-state index in [0.717, 1.165) is 0 Å². The Morgan fingerprint density at radius 3 is 2.16 bits per heavy atom. The van der Waals surface area contributed by atoms with Gasteiger partial charge in [0.05, 0.1) is 11.3 Å². The van der Waals surface area contributed by atoms with Crippen LogP contribution < -0.4 is 0 Å². The summed E-state index contributed by atoms with van der Waals surface area (Å²) in [7, 11) is -3.51. The summed E-state index contributed by atoms with van der Waals surface area (Å²) in [5.41, 5.74) is 0.582. The predicted molar refractivity (Wildman–Crippen MR) is 72.5 cm³/mol. The maximum atomic E-state index is 12.3. The molecule has 0 fully saturated rings. The van der Waals surface area contributed by atoms with Crippen LogP contribution in [-0.4, -0.2) is 36.4 Å². The molecular weight excluding hydrogens is 266 g/mol. The minimum Gasteiger partial charge on any atom is -0.481 e. The summed E-state index contributed by atoms with van der Waals surface area (Å²) in [6.45, 7) is 5.83. The molecule has 0 saturated carbocycles. The fourth-order valence-electron chi connectivity index (χ4n) is 1.90. The highest BCUT2D eigenvalue weighted by Crippen LogP contribution is 2.18. The summed E-state index contributed by atoms with van der Waals surface area (Å²) in [5.74, 6) is -0.937. The average molecular weight is 285 g/mol. The fraction of sp³-hybridized carbons (Fsp3) is 0.462. The van der Waals surface area contributed by atoms with E-state index in [1.54, 1.807) is 6.92 Å². The van der Waals surface area contributed by atoms with Crippen LogP contribution in [0.15, 0.2) is 29.2 Å². The van der Waals surface area contributed by atoms with Crippen molar-refractivity contribution < 1.29 is 18.3 Å². The molecule has 0 unspecified atom stereocenters. The number of rotatable bonds is 6. The normalized spacial score (nSPS) is 12.1. The zero-order chi connectivity index (χ0) is 14.6. The number of hydrogen-bond acceptors (Lipinski definition) is 3. The van der Waals surface area contributed by atoms with Crippen LogP contribution in [0.4, 0.5) is 0 Å². The van der Waals surface area contributed by atoms with E-state index < -0.39 is 16.0 Å². The molecule has 0 atom stereocenters. The third-order valence-corrected chi connectivity index (χ3v) is 4.94. The molecule has 0 spiro atoms. The zero-order valence-corrected chi connectivity index (χ0v) is 12.1. The summed E-state index contributed by atoms with van der Waals surface area (Å²) in [6.07, 6.45) is -0.109. The molecule has 0 amide bonds. The summed E-state index contributed by atoms with van der Waals surface area (Å²) in [6, 6.07) is 5.87. The lowest BCUT2D eigenvalue weighted by Gasteiger charge is -2.24. The number of carboxylic acid groups (broad SMARTS) is 1. The Labute approximate surface area is 113 Å². The van der Waals surface area contributed by atoms with Crippen LogP contribution in [0.2, 0.25) is 0 Å². The lowest BCUT2D eigenvalue weighted by Crippen LogP contribution is -2.36. The van der Waals surface area contributed by atoms with Gasteiger partial charge in [-0.05, 0) is 31.5 Å². The van der Waals surface area contributed by atoms with Crippen molar-refractivity contribution in [3.8, 4) is 0 Å². The molecule has 106 valence electrons. The summed E-state index contributed by atoms with van der Waals surface area (Å²) in [4.78, 5) is 10.8. The quantitative estimate of drug-likeness (QED) is 0.863. The molecule has 0 aliphatic carbocycles. The highest BCUT2D eigenvalue weighted by atomic mass is 32.2. The van der Waals surface area contributed by atoms with Gasteiger partial charge in [0.2, 0.25) is 10.0 Å². The van der Waals surface area contributed by atoms with E-state index in [1.807, 2.05) is 13.8 Å². The molecule has 19 heavy (non-hydrogen) atoms. The van der Waals surface area contributed by atoms with Crippen LogP contribution in [-0.2, 0) is 21.2 Å². The van der Waals surface area contributed by atoms with E-state index in [0.29, 0.717) is 12.1 Å². The first kappa shape index (κ1) is 15.7. The summed E-state index contributed by atoms with van der Waals surface area (Å²) < 4.78 is 26.1. The molecular formula is C13H19NO4S. The number of carboxylic acids is 1. The second-order valence-electron chi connectivity index (χ2n) is 4.52. The minimum atomic E-state index is -3.51. The molecule has 1 rings (SSSR count). The van der Waals surface area contributed by atoms with Crippen LogP contribution in [0, 0.1) is 0 Å². The zero-order valence-electron chi connectivity index (χ0n) is 11.3. The Bertz CT molecular complexity index is 534. The molecule has 1 aromatic carbocycles. The van der Waals surface area contributed by atoms with E-state index in [4.69, 9.17) is 5.11 Å². The van der Waals surface area contributed by atoms with Gasteiger partial charge in [0.15, 0.2) is 0 Å². The maximum Gasteiger partial charge on any atom is 0.307 e. The van der Waals surface area contributed by atoms with Gasteiger partial charge in [0, 0.05) is 12.6 Å². The molecule has 0 aliphatic rings. The summed E-state index contributed by atoms with van der Waals surface area (Å²) in [5, 5.41) is 8.67. The third kappa shape index (κ3) is 3.78. The Morgan fingerprint density at radius 2 is 1.79 bits per heavy atom. The Morgan fingerprint density at radius 1 is 1.26 bits per heavy atom. The van der Waals surface area contributed by atoms with Crippen LogP contribution in [0.1, 0.15) is 26.3 Å². The highest BCUT2D eigenvalue weighted by molar-refractivity contribution is 7.89. The topological polar surface area (TPSA) is 74.7 Å². The highest BCUT2D eigenvalue weighted by Gasteiger charge is 2.25. The van der Waals surface area contributed by atoms with Gasteiger partial charge >= 0.3 is 5.97 Å². The standard InChI is InChI=1S/C13H19NO4S/c1-4-14(10(2)3)19(17,18)12-7-5-11(6-8-12)9-13(15)16/h5-8,10H,4,9H2,1-3H3,(H,15,16). The predicted octanol–water partition coefficient (Wildman–Crippen LogP) is 1.73. The molecule has 0 saturated heterocycles. The maximum absolute atomic E-state index is 12.3. The largest absolute Gasteiger partial charge is 0.481 e. The van der Waals surface area contributed by atoms with Crippen molar-refractivity contribution in [1.82, 2.24) is 4.31 Å².